The molecule has 0 bridgehead atoms. The maximum atomic E-state index is 13.3. The first kappa shape index (κ1) is 18.6. The van der Waals surface area contributed by atoms with Crippen molar-refractivity contribution in [1.29, 1.82) is 0 Å². The summed E-state index contributed by atoms with van der Waals surface area (Å²) in [6.07, 6.45) is 5.24. The number of halogens is 1. The normalized spacial score (nSPS) is 17.7. The molecule has 1 fully saturated rings. The standard InChI is InChI=1S/C21H28FN3O/c1-15(2)25-16(3)13-23-20(25)11-18-7-5-9-24(14-18)21(26)12-17-6-4-8-19(22)10-17/h4,6,8,10,13,15,18H,5,7,9,11-12,14H2,1-3H3. The van der Waals surface area contributed by atoms with Crippen LogP contribution in [0.15, 0.2) is 30.5 Å². The molecule has 0 aliphatic carbocycles. The Morgan fingerprint density at radius 2 is 2.19 bits per heavy atom. The third-order valence-electron chi connectivity index (χ3n) is 5.16. The van der Waals surface area contributed by atoms with E-state index in [1.54, 1.807) is 6.07 Å². The van der Waals surface area contributed by atoms with E-state index in [-0.39, 0.29) is 18.1 Å². The van der Waals surface area contributed by atoms with Gasteiger partial charge < -0.3 is 9.47 Å². The summed E-state index contributed by atoms with van der Waals surface area (Å²) >= 11 is 0. The smallest absolute Gasteiger partial charge is 0.227 e. The number of benzene rings is 1. The second-order valence-electron chi connectivity index (χ2n) is 7.64. The molecule has 0 saturated carbocycles. The van der Waals surface area contributed by atoms with Crippen LogP contribution in [0, 0.1) is 18.7 Å². The Kier molecular flexibility index (Phi) is 5.74. The molecule has 1 aromatic carbocycles. The topological polar surface area (TPSA) is 38.1 Å². The van der Waals surface area contributed by atoms with Crippen LogP contribution in [0.4, 0.5) is 4.39 Å². The molecular formula is C21H28FN3O. The fourth-order valence-corrected chi connectivity index (χ4v) is 4.00. The minimum absolute atomic E-state index is 0.0867. The van der Waals surface area contributed by atoms with Crippen molar-refractivity contribution < 1.29 is 9.18 Å². The summed E-state index contributed by atoms with van der Waals surface area (Å²) in [6, 6.07) is 6.71. The van der Waals surface area contributed by atoms with Crippen LogP contribution >= 0.6 is 0 Å². The molecule has 1 saturated heterocycles. The lowest BCUT2D eigenvalue weighted by atomic mass is 9.94. The second-order valence-corrected chi connectivity index (χ2v) is 7.64. The molecule has 1 aliphatic heterocycles. The van der Waals surface area contributed by atoms with E-state index >= 15 is 0 Å². The highest BCUT2D eigenvalue weighted by Gasteiger charge is 2.25. The van der Waals surface area contributed by atoms with Gasteiger partial charge in [0.2, 0.25) is 5.91 Å². The summed E-state index contributed by atoms with van der Waals surface area (Å²) in [5, 5.41) is 0. The van der Waals surface area contributed by atoms with Gasteiger partial charge >= 0.3 is 0 Å². The van der Waals surface area contributed by atoms with E-state index in [0.717, 1.165) is 43.7 Å². The van der Waals surface area contributed by atoms with E-state index in [1.165, 1.54) is 17.8 Å². The van der Waals surface area contributed by atoms with Gasteiger partial charge in [0, 0.05) is 37.4 Å². The van der Waals surface area contributed by atoms with Crippen LogP contribution < -0.4 is 0 Å². The lowest BCUT2D eigenvalue weighted by molar-refractivity contribution is -0.132. The number of rotatable bonds is 5. The van der Waals surface area contributed by atoms with E-state index in [0.29, 0.717) is 12.0 Å². The van der Waals surface area contributed by atoms with Gasteiger partial charge in [-0.15, -0.1) is 0 Å². The number of carbonyl (C=O) groups is 1. The van der Waals surface area contributed by atoms with Crippen LogP contribution in [0.1, 0.15) is 49.8 Å². The summed E-state index contributed by atoms with van der Waals surface area (Å²) in [5.41, 5.74) is 1.92. The Bertz CT molecular complexity index is 768. The highest BCUT2D eigenvalue weighted by molar-refractivity contribution is 5.78. The number of imidazole rings is 1. The Morgan fingerprint density at radius 1 is 1.38 bits per heavy atom. The largest absolute Gasteiger partial charge is 0.342 e. The first-order valence-electron chi connectivity index (χ1n) is 9.49. The number of amides is 1. The zero-order valence-corrected chi connectivity index (χ0v) is 15.9. The van der Waals surface area contributed by atoms with Crippen LogP contribution in [-0.4, -0.2) is 33.4 Å². The Morgan fingerprint density at radius 3 is 2.92 bits per heavy atom. The van der Waals surface area contributed by atoms with E-state index in [4.69, 9.17) is 0 Å². The zero-order valence-electron chi connectivity index (χ0n) is 15.9. The van der Waals surface area contributed by atoms with Crippen molar-refractivity contribution in [2.45, 2.75) is 52.5 Å². The van der Waals surface area contributed by atoms with Crippen LogP contribution in [0.25, 0.3) is 0 Å². The van der Waals surface area contributed by atoms with E-state index < -0.39 is 0 Å². The highest BCUT2D eigenvalue weighted by Crippen LogP contribution is 2.23. The second kappa shape index (κ2) is 8.02. The van der Waals surface area contributed by atoms with Crippen LogP contribution in [0.2, 0.25) is 0 Å². The van der Waals surface area contributed by atoms with Gasteiger partial charge in [-0.3, -0.25) is 4.79 Å². The molecule has 26 heavy (non-hydrogen) atoms. The van der Waals surface area contributed by atoms with Gasteiger partial charge in [0.1, 0.15) is 11.6 Å². The Balaban J connectivity index is 1.63. The third-order valence-corrected chi connectivity index (χ3v) is 5.16. The fraction of sp³-hybridized carbons (Fsp3) is 0.524. The molecule has 1 atom stereocenters. The van der Waals surface area contributed by atoms with Gasteiger partial charge in [0.15, 0.2) is 0 Å². The fourth-order valence-electron chi connectivity index (χ4n) is 4.00. The lowest BCUT2D eigenvalue weighted by Gasteiger charge is -2.33. The van der Waals surface area contributed by atoms with Gasteiger partial charge in [-0.1, -0.05) is 12.1 Å². The van der Waals surface area contributed by atoms with Crippen LogP contribution in [0.5, 0.6) is 0 Å². The number of aromatic nitrogens is 2. The summed E-state index contributed by atoms with van der Waals surface area (Å²) in [4.78, 5) is 19.2. The van der Waals surface area contributed by atoms with Crippen molar-refractivity contribution in [3.8, 4) is 0 Å². The predicted molar refractivity (Wildman–Crippen MR) is 100 cm³/mol. The molecule has 1 aromatic heterocycles. The Labute approximate surface area is 155 Å². The molecular weight excluding hydrogens is 329 g/mol. The number of piperidine rings is 1. The average molecular weight is 357 g/mol. The number of hydrogen-bond donors (Lipinski definition) is 0. The molecule has 1 amide bonds. The lowest BCUT2D eigenvalue weighted by Crippen LogP contribution is -2.41. The Hall–Kier alpha value is -2.17. The molecule has 2 heterocycles. The van der Waals surface area contributed by atoms with Gasteiger partial charge in [-0.05, 0) is 57.2 Å². The van der Waals surface area contributed by atoms with Crippen LogP contribution in [-0.2, 0) is 17.6 Å². The van der Waals surface area contributed by atoms with Crippen molar-refractivity contribution in [1.82, 2.24) is 14.5 Å². The quantitative estimate of drug-likeness (QED) is 0.813. The average Bonchev–Trinajstić information content (AvgIpc) is 2.95. The van der Waals surface area contributed by atoms with Gasteiger partial charge in [-0.2, -0.15) is 0 Å². The first-order chi connectivity index (χ1) is 12.4. The van der Waals surface area contributed by atoms with Crippen molar-refractivity contribution in [2.24, 2.45) is 5.92 Å². The first-order valence-corrected chi connectivity index (χ1v) is 9.49. The summed E-state index contributed by atoms with van der Waals surface area (Å²) in [5.74, 6) is 1.34. The summed E-state index contributed by atoms with van der Waals surface area (Å²) < 4.78 is 15.6. The summed E-state index contributed by atoms with van der Waals surface area (Å²) in [6.45, 7) is 7.99. The molecule has 1 unspecified atom stereocenters. The number of likely N-dealkylation sites (tertiary alicyclic amines) is 1. The minimum Gasteiger partial charge on any atom is -0.342 e. The molecule has 3 rings (SSSR count). The molecule has 2 aromatic rings. The SMILES string of the molecule is Cc1cnc(CC2CCCN(C(=O)Cc3cccc(F)c3)C2)n1C(C)C. The third kappa shape index (κ3) is 4.32. The van der Waals surface area contributed by atoms with Crippen LogP contribution in [0.3, 0.4) is 0 Å². The number of carbonyl (C=O) groups excluding carboxylic acids is 1. The molecule has 140 valence electrons. The molecule has 1 aliphatic rings. The molecule has 0 N–H and O–H groups in total. The maximum absolute atomic E-state index is 13.3. The minimum atomic E-state index is -0.289. The number of aryl methyl sites for hydroxylation is 1. The monoisotopic (exact) mass is 357 g/mol. The molecule has 0 spiro atoms. The van der Waals surface area contributed by atoms with Crippen molar-refractivity contribution in [3.63, 3.8) is 0 Å². The zero-order chi connectivity index (χ0) is 18.7. The molecule has 5 heteroatoms. The van der Waals surface area contributed by atoms with Gasteiger partial charge in [-0.25, -0.2) is 9.37 Å². The van der Waals surface area contributed by atoms with Gasteiger partial charge in [0.25, 0.3) is 0 Å². The summed E-state index contributed by atoms with van der Waals surface area (Å²) in [7, 11) is 0. The van der Waals surface area contributed by atoms with Crippen molar-refractivity contribution in [2.75, 3.05) is 13.1 Å². The van der Waals surface area contributed by atoms with E-state index in [2.05, 4.69) is 30.3 Å². The number of hydrogen-bond acceptors (Lipinski definition) is 2. The molecule has 0 radical (unpaired) electrons. The number of nitrogens with zero attached hydrogens (tertiary/aromatic N) is 3. The van der Waals surface area contributed by atoms with Crippen molar-refractivity contribution in [3.05, 3.63) is 53.4 Å². The van der Waals surface area contributed by atoms with Gasteiger partial charge in [0.05, 0.1) is 6.42 Å². The van der Waals surface area contributed by atoms with Crippen molar-refractivity contribution >= 4 is 5.91 Å². The van der Waals surface area contributed by atoms with E-state index in [9.17, 15) is 9.18 Å². The predicted octanol–water partition coefficient (Wildman–Crippen LogP) is 3.94. The van der Waals surface area contributed by atoms with E-state index in [1.807, 2.05) is 17.2 Å². The molecule has 4 nitrogen and oxygen atoms in total. The maximum Gasteiger partial charge on any atom is 0.227 e. The highest BCUT2D eigenvalue weighted by atomic mass is 19.1.